The number of methoxy groups -OCH3 is 1. The minimum Gasteiger partial charge on any atom is -0.494 e. The topological polar surface area (TPSA) is 84.5 Å². The summed E-state index contributed by atoms with van der Waals surface area (Å²) in [6, 6.07) is 2.16. The molecule has 0 fully saturated rings. The van der Waals surface area contributed by atoms with Crippen LogP contribution < -0.4 is 14.8 Å². The summed E-state index contributed by atoms with van der Waals surface area (Å²) in [6.07, 6.45) is 0. The largest absolute Gasteiger partial charge is 0.494 e. The molecule has 0 bridgehead atoms. The van der Waals surface area contributed by atoms with E-state index in [9.17, 15) is 13.2 Å². The zero-order valence-corrected chi connectivity index (χ0v) is 10.5. The summed E-state index contributed by atoms with van der Waals surface area (Å²) in [5.74, 6) is 0.280. The average molecular weight is 307 g/mol. The first-order valence-corrected chi connectivity index (χ1v) is 6.43. The van der Waals surface area contributed by atoms with Gasteiger partial charge in [0.05, 0.1) is 7.11 Å². The molecule has 1 aliphatic rings. The Labute approximate surface area is 100 Å². The van der Waals surface area contributed by atoms with Crippen molar-refractivity contribution in [1.29, 1.82) is 0 Å². The third kappa shape index (κ3) is 1.74. The Morgan fingerprint density at radius 2 is 2.06 bits per heavy atom. The Bertz CT molecular complexity index is 570. The lowest BCUT2D eigenvalue weighted by atomic mass is 10.3. The molecule has 8 heteroatoms. The fourth-order valence-corrected chi connectivity index (χ4v) is 3.07. The number of ether oxygens (including phenoxy) is 1. The fourth-order valence-electron chi connectivity index (χ4n) is 1.37. The maximum atomic E-state index is 11.7. The third-order valence-corrected chi connectivity index (χ3v) is 3.82. The van der Waals surface area contributed by atoms with E-state index in [0.717, 1.165) is 0 Å². The van der Waals surface area contributed by atoms with Crippen LogP contribution in [0.2, 0.25) is 0 Å². The van der Waals surface area contributed by atoms with Crippen LogP contribution in [0.25, 0.3) is 0 Å². The molecule has 0 aliphatic carbocycles. The Balaban J connectivity index is 2.76. The predicted molar refractivity (Wildman–Crippen MR) is 60.0 cm³/mol. The number of hydrogen-bond acceptors (Lipinski definition) is 4. The molecule has 0 radical (unpaired) electrons. The van der Waals surface area contributed by atoms with Gasteiger partial charge in [0.2, 0.25) is 0 Å². The maximum Gasteiger partial charge on any atom is 0.333 e. The SMILES string of the molecule is COc1cc(Br)cc2c1NC(=O)NS2(=O)=O. The monoisotopic (exact) mass is 306 g/mol. The molecule has 16 heavy (non-hydrogen) atoms. The molecule has 1 heterocycles. The highest BCUT2D eigenvalue weighted by atomic mass is 79.9. The summed E-state index contributed by atoms with van der Waals surface area (Å²) in [6.45, 7) is 0. The Hall–Kier alpha value is -1.28. The van der Waals surface area contributed by atoms with Gasteiger partial charge in [-0.1, -0.05) is 15.9 Å². The van der Waals surface area contributed by atoms with Crippen molar-refractivity contribution < 1.29 is 17.9 Å². The first-order chi connectivity index (χ1) is 7.44. The van der Waals surface area contributed by atoms with Crippen molar-refractivity contribution in [3.05, 3.63) is 16.6 Å². The molecule has 1 aromatic rings. The normalized spacial score (nSPS) is 17.0. The highest BCUT2D eigenvalue weighted by Crippen LogP contribution is 2.36. The zero-order valence-electron chi connectivity index (χ0n) is 8.07. The van der Waals surface area contributed by atoms with Crippen molar-refractivity contribution in [3.8, 4) is 5.75 Å². The molecule has 0 aromatic heterocycles. The number of rotatable bonds is 1. The number of hydrogen-bond donors (Lipinski definition) is 2. The Kier molecular flexibility index (Phi) is 2.55. The average Bonchev–Trinajstić information content (AvgIpc) is 2.17. The fraction of sp³-hybridized carbons (Fsp3) is 0.125. The number of benzene rings is 1. The molecule has 86 valence electrons. The van der Waals surface area contributed by atoms with Crippen molar-refractivity contribution in [3.63, 3.8) is 0 Å². The van der Waals surface area contributed by atoms with Gasteiger partial charge in [0.15, 0.2) is 0 Å². The standard InChI is InChI=1S/C8H7BrN2O4S/c1-15-5-2-4(9)3-6-7(5)10-8(12)11-16(6,13)14/h2-3H,1H3,(H2,10,11,12). The first kappa shape index (κ1) is 11.2. The third-order valence-electron chi connectivity index (χ3n) is 2.01. The number of anilines is 1. The van der Waals surface area contributed by atoms with Gasteiger partial charge in [0.25, 0.3) is 10.0 Å². The number of sulfonamides is 1. The van der Waals surface area contributed by atoms with Crippen LogP contribution in [0.15, 0.2) is 21.5 Å². The molecule has 0 saturated heterocycles. The van der Waals surface area contributed by atoms with Crippen LogP contribution in [-0.4, -0.2) is 21.6 Å². The van der Waals surface area contributed by atoms with Crippen molar-refractivity contribution in [2.75, 3.05) is 12.4 Å². The van der Waals surface area contributed by atoms with Crippen molar-refractivity contribution in [2.24, 2.45) is 0 Å². The van der Waals surface area contributed by atoms with Gasteiger partial charge in [-0.25, -0.2) is 17.9 Å². The van der Waals surface area contributed by atoms with E-state index in [1.807, 2.05) is 4.72 Å². The number of urea groups is 1. The van der Waals surface area contributed by atoms with E-state index in [0.29, 0.717) is 4.47 Å². The van der Waals surface area contributed by atoms with E-state index >= 15 is 0 Å². The number of carbonyl (C=O) groups excluding carboxylic acids is 1. The highest BCUT2D eigenvalue weighted by Gasteiger charge is 2.30. The van der Waals surface area contributed by atoms with Crippen LogP contribution in [-0.2, 0) is 10.0 Å². The second-order valence-corrected chi connectivity index (χ2v) is 5.61. The predicted octanol–water partition coefficient (Wildman–Crippen LogP) is 1.28. The molecule has 1 aromatic carbocycles. The van der Waals surface area contributed by atoms with Crippen LogP contribution in [0.3, 0.4) is 0 Å². The minimum atomic E-state index is -3.82. The molecular weight excluding hydrogens is 300 g/mol. The van der Waals surface area contributed by atoms with Gasteiger partial charge in [-0.05, 0) is 12.1 Å². The summed E-state index contributed by atoms with van der Waals surface area (Å²) >= 11 is 3.16. The maximum absolute atomic E-state index is 11.7. The minimum absolute atomic E-state index is 0.0293. The van der Waals surface area contributed by atoms with Gasteiger partial charge in [0, 0.05) is 4.47 Å². The number of halogens is 1. The second-order valence-electron chi connectivity index (χ2n) is 3.04. The Morgan fingerprint density at radius 3 is 2.69 bits per heavy atom. The lowest BCUT2D eigenvalue weighted by Gasteiger charge is -2.20. The Morgan fingerprint density at radius 1 is 1.38 bits per heavy atom. The van der Waals surface area contributed by atoms with E-state index in [-0.39, 0.29) is 16.3 Å². The number of amides is 2. The van der Waals surface area contributed by atoms with Gasteiger partial charge in [0.1, 0.15) is 16.3 Å². The molecule has 1 aliphatic heterocycles. The van der Waals surface area contributed by atoms with E-state index in [1.54, 1.807) is 6.07 Å². The van der Waals surface area contributed by atoms with E-state index < -0.39 is 16.1 Å². The lowest BCUT2D eigenvalue weighted by Crippen LogP contribution is -2.39. The molecule has 2 rings (SSSR count). The van der Waals surface area contributed by atoms with Crippen LogP contribution in [0.1, 0.15) is 0 Å². The van der Waals surface area contributed by atoms with Gasteiger partial charge >= 0.3 is 6.03 Å². The van der Waals surface area contributed by atoms with Gasteiger partial charge < -0.3 is 10.1 Å². The number of nitrogens with one attached hydrogen (secondary N) is 2. The van der Waals surface area contributed by atoms with Crippen LogP contribution in [0.5, 0.6) is 5.75 Å². The molecule has 0 spiro atoms. The summed E-state index contributed by atoms with van der Waals surface area (Å²) in [7, 11) is -2.43. The van der Waals surface area contributed by atoms with Crippen LogP contribution in [0, 0.1) is 0 Å². The first-order valence-electron chi connectivity index (χ1n) is 4.15. The summed E-state index contributed by atoms with van der Waals surface area (Å²) in [4.78, 5) is 11.1. The number of carbonyl (C=O) groups is 1. The molecular formula is C8H7BrN2O4S. The second kappa shape index (κ2) is 3.63. The lowest BCUT2D eigenvalue weighted by molar-refractivity contribution is 0.256. The summed E-state index contributed by atoms with van der Waals surface area (Å²) in [5, 5.41) is 2.39. The van der Waals surface area contributed by atoms with Crippen LogP contribution in [0.4, 0.5) is 10.5 Å². The van der Waals surface area contributed by atoms with Crippen molar-refractivity contribution in [2.45, 2.75) is 4.90 Å². The smallest absolute Gasteiger partial charge is 0.333 e. The zero-order chi connectivity index (χ0) is 11.9. The van der Waals surface area contributed by atoms with E-state index in [1.165, 1.54) is 13.2 Å². The van der Waals surface area contributed by atoms with Gasteiger partial charge in [-0.2, -0.15) is 0 Å². The molecule has 0 unspecified atom stereocenters. The molecule has 0 saturated carbocycles. The van der Waals surface area contributed by atoms with Crippen LogP contribution >= 0.6 is 15.9 Å². The number of fused-ring (bicyclic) bond motifs is 1. The molecule has 2 amide bonds. The summed E-state index contributed by atoms with van der Waals surface area (Å²) < 4.78 is 30.7. The highest BCUT2D eigenvalue weighted by molar-refractivity contribution is 9.10. The molecule has 6 nitrogen and oxygen atoms in total. The van der Waals surface area contributed by atoms with Crippen molar-refractivity contribution >= 4 is 37.7 Å². The van der Waals surface area contributed by atoms with Gasteiger partial charge in [-0.15, -0.1) is 0 Å². The van der Waals surface area contributed by atoms with Gasteiger partial charge in [-0.3, -0.25) is 0 Å². The quantitative estimate of drug-likeness (QED) is 0.818. The summed E-state index contributed by atoms with van der Waals surface area (Å²) in [5.41, 5.74) is 0.148. The molecule has 2 N–H and O–H groups in total. The van der Waals surface area contributed by atoms with E-state index in [4.69, 9.17) is 4.74 Å². The van der Waals surface area contributed by atoms with Crippen molar-refractivity contribution in [1.82, 2.24) is 4.72 Å². The molecule has 0 atom stereocenters. The van der Waals surface area contributed by atoms with E-state index in [2.05, 4.69) is 21.2 Å².